The highest BCUT2D eigenvalue weighted by Crippen LogP contribution is 2.73. The number of ketones is 1. The second kappa shape index (κ2) is 15.4. The van der Waals surface area contributed by atoms with Gasteiger partial charge < -0.3 is 52.8 Å². The lowest BCUT2D eigenvalue weighted by Crippen LogP contribution is -2.75. The third-order valence-electron chi connectivity index (χ3n) is 13.0. The van der Waals surface area contributed by atoms with Crippen molar-refractivity contribution in [1.82, 2.24) is 0 Å². The number of carbonyl (C=O) groups excluding carboxylic acids is 3. The zero-order valence-corrected chi connectivity index (χ0v) is 32.3. The summed E-state index contributed by atoms with van der Waals surface area (Å²) in [5.74, 6) is -6.58. The number of methoxy groups -OCH3 is 4. The van der Waals surface area contributed by atoms with Crippen LogP contribution in [0, 0.1) is 28.1 Å². The molecule has 0 bridgehead atoms. The lowest BCUT2D eigenvalue weighted by Gasteiger charge is -2.62. The third-order valence-corrected chi connectivity index (χ3v) is 13.0. The fraction of sp³-hybridized carbons (Fsp3) is 0.571. The van der Waals surface area contributed by atoms with E-state index in [1.165, 1.54) is 21.3 Å². The van der Waals surface area contributed by atoms with Crippen molar-refractivity contribution >= 4 is 17.7 Å². The summed E-state index contributed by atoms with van der Waals surface area (Å²) < 4.78 is 54.0. The topological polar surface area (TPSA) is 175 Å². The monoisotopic (exact) mass is 778 g/mol. The number of Topliss-reactive ketones (excluding diaryl/α,β-unsaturated/α-hetero) is 1. The summed E-state index contributed by atoms with van der Waals surface area (Å²) in [7, 11) is 5.46. The van der Waals surface area contributed by atoms with Crippen LogP contribution in [0.1, 0.15) is 37.3 Å². The van der Waals surface area contributed by atoms with Crippen molar-refractivity contribution in [2.45, 2.75) is 82.0 Å². The Balaban J connectivity index is 1.36. The molecule has 5 aliphatic rings. The lowest BCUT2D eigenvalue weighted by molar-refractivity contribution is -0.271. The first-order valence-corrected chi connectivity index (χ1v) is 18.7. The second-order valence-electron chi connectivity index (χ2n) is 15.5. The molecule has 14 nitrogen and oxygen atoms in total. The van der Waals surface area contributed by atoms with Crippen LogP contribution in [-0.2, 0) is 65.5 Å². The number of esters is 2. The molecule has 2 aromatic rings. The van der Waals surface area contributed by atoms with Crippen LogP contribution in [0.5, 0.6) is 5.75 Å². The molecule has 2 aromatic carbocycles. The molecular weight excluding hydrogens is 728 g/mol. The molecule has 2 N–H and O–H groups in total. The van der Waals surface area contributed by atoms with Crippen molar-refractivity contribution in [2.75, 3.05) is 41.7 Å². The molecule has 5 fully saturated rings. The molecule has 56 heavy (non-hydrogen) atoms. The molecule has 14 heteroatoms. The molecule has 3 saturated heterocycles. The number of hydrogen-bond donors (Lipinski definition) is 2. The van der Waals surface area contributed by atoms with Gasteiger partial charge in [0.1, 0.15) is 17.3 Å². The Bertz CT molecular complexity index is 1840. The van der Waals surface area contributed by atoms with Crippen molar-refractivity contribution in [3.63, 3.8) is 0 Å². The van der Waals surface area contributed by atoms with Gasteiger partial charge in [-0.15, -0.1) is 5.73 Å². The van der Waals surface area contributed by atoms with Crippen molar-refractivity contribution in [1.29, 1.82) is 0 Å². The van der Waals surface area contributed by atoms with E-state index in [0.717, 1.165) is 5.56 Å². The number of aliphatic hydroxyl groups is 2. The van der Waals surface area contributed by atoms with E-state index in [2.05, 4.69) is 12.3 Å². The van der Waals surface area contributed by atoms with E-state index in [9.17, 15) is 19.8 Å². The first kappa shape index (κ1) is 40.3. The summed E-state index contributed by atoms with van der Waals surface area (Å²) in [5, 5.41) is 24.0. The molecule has 7 rings (SSSR count). The van der Waals surface area contributed by atoms with Gasteiger partial charge in [-0.3, -0.25) is 9.59 Å². The number of ether oxygens (including phenoxy) is 9. The Hall–Kier alpha value is -3.95. The largest absolute Gasteiger partial charge is 0.497 e. The normalized spacial score (nSPS) is 38.5. The van der Waals surface area contributed by atoms with Gasteiger partial charge in [0, 0.05) is 43.3 Å². The quantitative estimate of drug-likeness (QED) is 0.238. The molecule has 0 radical (unpaired) electrons. The molecule has 0 aromatic heterocycles. The number of aliphatic hydroxyl groups excluding tert-OH is 2. The van der Waals surface area contributed by atoms with E-state index in [0.29, 0.717) is 17.7 Å². The molecule has 12 atom stereocenters. The lowest BCUT2D eigenvalue weighted by atomic mass is 9.39. The highest BCUT2D eigenvalue weighted by molar-refractivity contribution is 5.97. The zero-order chi connectivity index (χ0) is 40.0. The van der Waals surface area contributed by atoms with Gasteiger partial charge >= 0.3 is 11.9 Å². The fourth-order valence-corrected chi connectivity index (χ4v) is 10.4. The number of carbonyl (C=O) groups is 3. The van der Waals surface area contributed by atoms with Crippen LogP contribution in [0.3, 0.4) is 0 Å². The van der Waals surface area contributed by atoms with Crippen LogP contribution < -0.4 is 4.74 Å². The van der Waals surface area contributed by atoms with E-state index < -0.39 is 88.4 Å². The number of benzene rings is 2. The third kappa shape index (κ3) is 5.97. The fourth-order valence-electron chi connectivity index (χ4n) is 10.4. The second-order valence-corrected chi connectivity index (χ2v) is 15.5. The Morgan fingerprint density at radius 3 is 2.23 bits per heavy atom. The van der Waals surface area contributed by atoms with Crippen molar-refractivity contribution in [3.05, 3.63) is 83.6 Å². The van der Waals surface area contributed by atoms with Gasteiger partial charge in [0.2, 0.25) is 0 Å². The minimum atomic E-state index is -2.34. The summed E-state index contributed by atoms with van der Waals surface area (Å²) in [4.78, 5) is 43.9. The van der Waals surface area contributed by atoms with Crippen molar-refractivity contribution in [2.24, 2.45) is 28.1 Å². The molecule has 2 saturated carbocycles. The molecule has 302 valence electrons. The van der Waals surface area contributed by atoms with Gasteiger partial charge in [0.05, 0.1) is 83.5 Å². The molecular formula is C42H50O14. The van der Waals surface area contributed by atoms with Gasteiger partial charge in [-0.1, -0.05) is 49.0 Å². The SMILES string of the molecule is C=C=C([C@@H]1C[C@@H](OCc2ccc(OC)cc2)C[C@@H](OC)O1)[C@]1(C)C(=O)[C@@H]2OC[C@]3(C(=O)OC)[C@H](O)C[C@H](O)[C@@]4(CO[C@](OCc5ccccc5)(C(=O)OC)[C@@H]14)[C@@H]23. The summed E-state index contributed by atoms with van der Waals surface area (Å²) in [6.45, 7) is 5.03. The van der Waals surface area contributed by atoms with Crippen LogP contribution in [0.4, 0.5) is 0 Å². The minimum absolute atomic E-state index is 0.154. The van der Waals surface area contributed by atoms with E-state index in [4.69, 9.17) is 42.6 Å². The highest BCUT2D eigenvalue weighted by atomic mass is 16.7. The van der Waals surface area contributed by atoms with Gasteiger partial charge in [-0.05, 0) is 30.2 Å². The molecule has 1 spiro atoms. The average Bonchev–Trinajstić information content (AvgIpc) is 3.81. The number of hydrogen-bond acceptors (Lipinski definition) is 14. The van der Waals surface area contributed by atoms with E-state index >= 15 is 4.79 Å². The zero-order valence-electron chi connectivity index (χ0n) is 32.3. The predicted octanol–water partition coefficient (Wildman–Crippen LogP) is 3.05. The Morgan fingerprint density at radius 1 is 0.893 bits per heavy atom. The molecule has 0 unspecified atom stereocenters. The van der Waals surface area contributed by atoms with Crippen molar-refractivity contribution in [3.8, 4) is 5.75 Å². The van der Waals surface area contributed by atoms with Gasteiger partial charge in [-0.2, -0.15) is 0 Å². The van der Waals surface area contributed by atoms with Gasteiger partial charge in [0.25, 0.3) is 5.79 Å². The molecule has 2 aliphatic carbocycles. The molecule has 3 aliphatic heterocycles. The first-order chi connectivity index (χ1) is 26.9. The van der Waals surface area contributed by atoms with Crippen LogP contribution in [0.2, 0.25) is 0 Å². The molecule has 3 heterocycles. The average molecular weight is 779 g/mol. The standard InChI is InChI=1S/C42H50O14/c1-7-28(29-17-27(18-32(49-4)56-29)52-20-25-13-15-26(48-3)16-14-25)39(2)35(45)33-34-40(30(43)19-31(44)41(34,22-53-33)37(46)50-5)23-55-42(36(39)40,38(47)51-6)54-21-24-11-9-8-10-12-24/h8-16,27,29-34,36,43-44H,1,17-23H2,2-6H3/t27-,29+,30+,31-,32+,33-,34-,36+,39-,40+,41+,42+/m1/s1. The van der Waals surface area contributed by atoms with Crippen LogP contribution in [0.15, 0.2) is 72.5 Å². The first-order valence-electron chi connectivity index (χ1n) is 18.7. The summed E-state index contributed by atoms with van der Waals surface area (Å²) in [6.07, 6.45) is -6.09. The van der Waals surface area contributed by atoms with Gasteiger partial charge in [-0.25, -0.2) is 4.79 Å². The predicted molar refractivity (Wildman–Crippen MR) is 194 cm³/mol. The van der Waals surface area contributed by atoms with E-state index in [1.54, 1.807) is 26.2 Å². The summed E-state index contributed by atoms with van der Waals surface area (Å²) in [5.41, 5.74) is -0.432. The van der Waals surface area contributed by atoms with E-state index in [1.807, 2.05) is 42.5 Å². The van der Waals surface area contributed by atoms with Gasteiger partial charge in [0.15, 0.2) is 12.1 Å². The Morgan fingerprint density at radius 2 is 1.59 bits per heavy atom. The number of rotatable bonds is 12. The minimum Gasteiger partial charge on any atom is -0.497 e. The maximum Gasteiger partial charge on any atom is 0.366 e. The maximum atomic E-state index is 15.6. The van der Waals surface area contributed by atoms with Crippen LogP contribution in [0.25, 0.3) is 0 Å². The summed E-state index contributed by atoms with van der Waals surface area (Å²) in [6, 6.07) is 16.6. The van der Waals surface area contributed by atoms with Crippen LogP contribution in [-0.4, -0.2) is 112 Å². The van der Waals surface area contributed by atoms with Crippen LogP contribution >= 0.6 is 0 Å². The van der Waals surface area contributed by atoms with Crippen molar-refractivity contribution < 1.29 is 67.2 Å². The maximum absolute atomic E-state index is 15.6. The smallest absolute Gasteiger partial charge is 0.366 e. The van der Waals surface area contributed by atoms with E-state index in [-0.39, 0.29) is 44.8 Å². The Labute approximate surface area is 325 Å². The summed E-state index contributed by atoms with van der Waals surface area (Å²) >= 11 is 0. The highest BCUT2D eigenvalue weighted by Gasteiger charge is 2.86. The Kier molecular flexibility index (Phi) is 11.1. The molecule has 0 amide bonds.